The summed E-state index contributed by atoms with van der Waals surface area (Å²) in [5.41, 5.74) is 2.60. The lowest BCUT2D eigenvalue weighted by atomic mass is 10.2. The molecule has 6 nitrogen and oxygen atoms in total. The maximum atomic E-state index is 11.2. The van der Waals surface area contributed by atoms with Crippen LogP contribution in [0.15, 0.2) is 12.3 Å². The summed E-state index contributed by atoms with van der Waals surface area (Å²) in [6.07, 6.45) is 1.33. The largest absolute Gasteiger partial charge is 0.496 e. The molecule has 0 aromatic carbocycles. The van der Waals surface area contributed by atoms with Crippen LogP contribution in [0.3, 0.4) is 0 Å². The molecule has 1 aromatic heterocycles. The summed E-state index contributed by atoms with van der Waals surface area (Å²) in [5, 5.41) is 0. The number of methoxy groups -OCH3 is 2. The molecule has 0 fully saturated rings. The Hall–Kier alpha value is -1.82. The molecule has 0 atom stereocenters. The van der Waals surface area contributed by atoms with Gasteiger partial charge >= 0.3 is 5.97 Å². The number of aromatic nitrogens is 1. The zero-order valence-electron chi connectivity index (χ0n) is 7.90. The summed E-state index contributed by atoms with van der Waals surface area (Å²) in [4.78, 5) is 15.1. The third-order valence-electron chi connectivity index (χ3n) is 1.64. The Kier molecular flexibility index (Phi) is 3.24. The van der Waals surface area contributed by atoms with E-state index in [4.69, 9.17) is 10.6 Å². The summed E-state index contributed by atoms with van der Waals surface area (Å²) < 4.78 is 9.52. The van der Waals surface area contributed by atoms with Gasteiger partial charge in [-0.2, -0.15) is 0 Å². The van der Waals surface area contributed by atoms with Crippen molar-refractivity contribution in [3.63, 3.8) is 0 Å². The Labute approximate surface area is 81.0 Å². The predicted molar refractivity (Wildman–Crippen MR) is 49.9 cm³/mol. The van der Waals surface area contributed by atoms with Crippen molar-refractivity contribution in [3.05, 3.63) is 17.8 Å². The molecule has 0 aliphatic carbocycles. The molecule has 0 bridgehead atoms. The molecule has 0 amide bonds. The van der Waals surface area contributed by atoms with E-state index in [2.05, 4.69) is 15.1 Å². The van der Waals surface area contributed by atoms with Crippen LogP contribution in [0.25, 0.3) is 0 Å². The minimum atomic E-state index is -0.502. The molecule has 3 N–H and O–H groups in total. The lowest BCUT2D eigenvalue weighted by molar-refractivity contribution is 0.0596. The topological polar surface area (TPSA) is 86.5 Å². The van der Waals surface area contributed by atoms with Gasteiger partial charge in [0.2, 0.25) is 0 Å². The third-order valence-corrected chi connectivity index (χ3v) is 1.64. The van der Waals surface area contributed by atoms with Gasteiger partial charge in [-0.3, -0.25) is 0 Å². The van der Waals surface area contributed by atoms with Crippen LogP contribution in [-0.4, -0.2) is 25.2 Å². The van der Waals surface area contributed by atoms with Crippen molar-refractivity contribution in [2.75, 3.05) is 19.6 Å². The number of anilines is 1. The molecular formula is C8H11N3O3. The van der Waals surface area contributed by atoms with Crippen LogP contribution in [-0.2, 0) is 4.74 Å². The van der Waals surface area contributed by atoms with Gasteiger partial charge in [0.25, 0.3) is 0 Å². The van der Waals surface area contributed by atoms with Gasteiger partial charge in [0.15, 0.2) is 0 Å². The van der Waals surface area contributed by atoms with Gasteiger partial charge in [-0.15, -0.1) is 0 Å². The molecule has 0 unspecified atom stereocenters. The predicted octanol–water partition coefficient (Wildman–Crippen LogP) is 0.162. The SMILES string of the molecule is COC(=O)c1cnc(NN)cc1OC. The molecule has 1 rings (SSSR count). The van der Waals surface area contributed by atoms with Crippen LogP contribution in [0.1, 0.15) is 10.4 Å². The summed E-state index contributed by atoms with van der Waals surface area (Å²) in [6.45, 7) is 0. The Morgan fingerprint density at radius 3 is 2.79 bits per heavy atom. The summed E-state index contributed by atoms with van der Waals surface area (Å²) in [5.74, 6) is 5.42. The molecule has 6 heteroatoms. The van der Waals surface area contributed by atoms with Crippen LogP contribution in [0.4, 0.5) is 5.82 Å². The number of nitrogen functional groups attached to an aromatic ring is 1. The number of carbonyl (C=O) groups excluding carboxylic acids is 1. The molecule has 0 radical (unpaired) electrons. The fourth-order valence-electron chi connectivity index (χ4n) is 0.948. The lowest BCUT2D eigenvalue weighted by Crippen LogP contribution is -2.11. The first-order chi connectivity index (χ1) is 6.72. The second-order valence-corrected chi connectivity index (χ2v) is 2.41. The molecular weight excluding hydrogens is 186 g/mol. The number of nitrogens with two attached hydrogens (primary N) is 1. The molecule has 14 heavy (non-hydrogen) atoms. The van der Waals surface area contributed by atoms with E-state index in [-0.39, 0.29) is 5.56 Å². The van der Waals surface area contributed by atoms with Gasteiger partial charge in [-0.25, -0.2) is 15.6 Å². The maximum absolute atomic E-state index is 11.2. The molecule has 0 saturated heterocycles. The van der Waals surface area contributed by atoms with Gasteiger partial charge in [0.05, 0.1) is 14.2 Å². The van der Waals surface area contributed by atoms with Gasteiger partial charge in [0, 0.05) is 12.3 Å². The number of ether oxygens (including phenoxy) is 2. The number of rotatable bonds is 3. The zero-order chi connectivity index (χ0) is 10.6. The van der Waals surface area contributed by atoms with Crippen LogP contribution in [0.5, 0.6) is 5.75 Å². The number of esters is 1. The number of pyridine rings is 1. The Morgan fingerprint density at radius 2 is 2.29 bits per heavy atom. The van der Waals surface area contributed by atoms with E-state index in [1.54, 1.807) is 0 Å². The van der Waals surface area contributed by atoms with Gasteiger partial charge in [-0.1, -0.05) is 0 Å². The minimum absolute atomic E-state index is 0.258. The normalized spacial score (nSPS) is 9.36. The number of hydrazine groups is 1. The number of hydrogen-bond acceptors (Lipinski definition) is 6. The summed E-state index contributed by atoms with van der Waals surface area (Å²) >= 11 is 0. The fourth-order valence-corrected chi connectivity index (χ4v) is 0.948. The average molecular weight is 197 g/mol. The van der Waals surface area contributed by atoms with Crippen LogP contribution in [0.2, 0.25) is 0 Å². The number of nitrogens with one attached hydrogen (secondary N) is 1. The van der Waals surface area contributed by atoms with Crippen molar-refractivity contribution in [2.45, 2.75) is 0 Å². The first-order valence-corrected chi connectivity index (χ1v) is 3.82. The van der Waals surface area contributed by atoms with Crippen molar-refractivity contribution < 1.29 is 14.3 Å². The summed E-state index contributed by atoms with van der Waals surface area (Å²) in [6, 6.07) is 1.51. The highest BCUT2D eigenvalue weighted by atomic mass is 16.5. The number of hydrogen-bond donors (Lipinski definition) is 2. The Balaban J connectivity index is 3.11. The minimum Gasteiger partial charge on any atom is -0.496 e. The molecule has 0 aliphatic rings. The highest BCUT2D eigenvalue weighted by Crippen LogP contribution is 2.20. The van der Waals surface area contributed by atoms with Crippen molar-refractivity contribution in [1.29, 1.82) is 0 Å². The van der Waals surface area contributed by atoms with Crippen LogP contribution in [0, 0.1) is 0 Å². The van der Waals surface area contributed by atoms with Crippen molar-refractivity contribution >= 4 is 11.8 Å². The first kappa shape index (κ1) is 10.3. The molecule has 0 spiro atoms. The smallest absolute Gasteiger partial charge is 0.343 e. The van der Waals surface area contributed by atoms with E-state index in [0.29, 0.717) is 11.6 Å². The van der Waals surface area contributed by atoms with Crippen LogP contribution >= 0.6 is 0 Å². The van der Waals surface area contributed by atoms with E-state index < -0.39 is 5.97 Å². The van der Waals surface area contributed by atoms with E-state index in [0.717, 1.165) is 0 Å². The van der Waals surface area contributed by atoms with E-state index in [9.17, 15) is 4.79 Å². The van der Waals surface area contributed by atoms with Gasteiger partial charge in [-0.05, 0) is 0 Å². The molecule has 76 valence electrons. The van der Waals surface area contributed by atoms with E-state index in [1.165, 1.54) is 26.5 Å². The highest BCUT2D eigenvalue weighted by Gasteiger charge is 2.13. The summed E-state index contributed by atoms with van der Waals surface area (Å²) in [7, 11) is 2.74. The molecule has 0 saturated carbocycles. The van der Waals surface area contributed by atoms with Crippen LogP contribution < -0.4 is 16.0 Å². The quantitative estimate of drug-likeness (QED) is 0.408. The van der Waals surface area contributed by atoms with Gasteiger partial charge in [0.1, 0.15) is 17.1 Å². The average Bonchev–Trinajstić information content (AvgIpc) is 2.27. The van der Waals surface area contributed by atoms with Crippen molar-refractivity contribution in [3.8, 4) is 5.75 Å². The van der Waals surface area contributed by atoms with Gasteiger partial charge < -0.3 is 14.9 Å². The van der Waals surface area contributed by atoms with E-state index >= 15 is 0 Å². The zero-order valence-corrected chi connectivity index (χ0v) is 7.90. The molecule has 1 aromatic rings. The first-order valence-electron chi connectivity index (χ1n) is 3.82. The van der Waals surface area contributed by atoms with E-state index in [1.807, 2.05) is 0 Å². The fraction of sp³-hybridized carbons (Fsp3) is 0.250. The monoisotopic (exact) mass is 197 g/mol. The second kappa shape index (κ2) is 4.43. The van der Waals surface area contributed by atoms with Crippen molar-refractivity contribution in [2.24, 2.45) is 5.84 Å². The number of carbonyl (C=O) groups is 1. The van der Waals surface area contributed by atoms with Crippen molar-refractivity contribution in [1.82, 2.24) is 4.98 Å². The highest BCUT2D eigenvalue weighted by molar-refractivity contribution is 5.92. The lowest BCUT2D eigenvalue weighted by Gasteiger charge is -2.07. The standard InChI is InChI=1S/C8H11N3O3/c1-13-6-3-7(11-9)10-4-5(6)8(12)14-2/h3-4H,9H2,1-2H3,(H,10,11). The number of nitrogens with zero attached hydrogens (tertiary/aromatic N) is 1. The second-order valence-electron chi connectivity index (χ2n) is 2.41. The maximum Gasteiger partial charge on any atom is 0.343 e. The third kappa shape index (κ3) is 1.91. The molecule has 1 heterocycles. The molecule has 0 aliphatic heterocycles. The Bertz CT molecular complexity index is 341. The Morgan fingerprint density at radius 1 is 1.57 bits per heavy atom.